The number of halogens is 1. The molecule has 0 aliphatic heterocycles. The van der Waals surface area contributed by atoms with Crippen LogP contribution in [-0.2, 0) is 20.0 Å². The summed E-state index contributed by atoms with van der Waals surface area (Å²) in [7, 11) is 1.97. The molecular formula is C15H20BrN3O. The smallest absolute Gasteiger partial charge is 0.0807 e. The van der Waals surface area contributed by atoms with Crippen molar-refractivity contribution in [1.29, 1.82) is 0 Å². The maximum absolute atomic E-state index is 10.2. The third kappa shape index (κ3) is 2.44. The Labute approximate surface area is 127 Å². The normalized spacial score (nSPS) is 18.9. The Bertz CT molecular complexity index is 629. The van der Waals surface area contributed by atoms with E-state index in [0.717, 1.165) is 47.2 Å². The monoisotopic (exact) mass is 337 g/mol. The van der Waals surface area contributed by atoms with Crippen molar-refractivity contribution in [3.8, 4) is 0 Å². The van der Waals surface area contributed by atoms with E-state index in [1.54, 1.807) is 0 Å². The van der Waals surface area contributed by atoms with Crippen LogP contribution < -0.4 is 0 Å². The lowest BCUT2D eigenvalue weighted by Crippen LogP contribution is -2.04. The van der Waals surface area contributed by atoms with E-state index in [1.807, 2.05) is 18.7 Å². The lowest BCUT2D eigenvalue weighted by molar-refractivity contribution is 0.166. The predicted octanol–water partition coefficient (Wildman–Crippen LogP) is 3.10. The Balaban J connectivity index is 1.90. The molecule has 2 aromatic heterocycles. The zero-order valence-electron chi connectivity index (χ0n) is 11.9. The summed E-state index contributed by atoms with van der Waals surface area (Å²) in [5.74, 6) is 0. The molecule has 0 spiro atoms. The summed E-state index contributed by atoms with van der Waals surface area (Å²) in [6.07, 6.45) is 8.21. The summed E-state index contributed by atoms with van der Waals surface area (Å²) in [4.78, 5) is 0. The van der Waals surface area contributed by atoms with Crippen LogP contribution in [0.5, 0.6) is 0 Å². The standard InChI is InChI=1S/C15H20BrN3O/c1-10-15(16)13(18(2)17-10)9-19-7-11-5-3-4-6-14(20)12(11)8-19/h7-8,14,20H,3-6,9H2,1-2H3. The zero-order chi connectivity index (χ0) is 14.3. The molecule has 108 valence electrons. The van der Waals surface area contributed by atoms with E-state index in [9.17, 15) is 5.11 Å². The second-order valence-electron chi connectivity index (χ2n) is 5.64. The first-order valence-electron chi connectivity index (χ1n) is 7.11. The van der Waals surface area contributed by atoms with Gasteiger partial charge in [0, 0.05) is 25.0 Å². The molecule has 1 N–H and O–H groups in total. The van der Waals surface area contributed by atoms with Gasteiger partial charge in [-0.15, -0.1) is 0 Å². The van der Waals surface area contributed by atoms with Crippen LogP contribution in [0.15, 0.2) is 16.9 Å². The predicted molar refractivity (Wildman–Crippen MR) is 81.7 cm³/mol. The van der Waals surface area contributed by atoms with Gasteiger partial charge in [-0.1, -0.05) is 6.42 Å². The van der Waals surface area contributed by atoms with Crippen molar-refractivity contribution < 1.29 is 5.11 Å². The van der Waals surface area contributed by atoms with Crippen LogP contribution >= 0.6 is 15.9 Å². The first kappa shape index (κ1) is 13.9. The summed E-state index contributed by atoms with van der Waals surface area (Å²) in [6.45, 7) is 2.78. The lowest BCUT2D eigenvalue weighted by Gasteiger charge is -2.07. The van der Waals surface area contributed by atoms with Gasteiger partial charge in [0.1, 0.15) is 0 Å². The van der Waals surface area contributed by atoms with Gasteiger partial charge in [0.25, 0.3) is 0 Å². The maximum Gasteiger partial charge on any atom is 0.0807 e. The van der Waals surface area contributed by atoms with Crippen molar-refractivity contribution in [2.45, 2.75) is 45.3 Å². The van der Waals surface area contributed by atoms with Crippen LogP contribution in [0, 0.1) is 6.92 Å². The molecule has 0 radical (unpaired) electrons. The SMILES string of the molecule is Cc1nn(C)c(Cn2cc3c(c2)C(O)CCCC3)c1Br. The third-order valence-electron chi connectivity index (χ3n) is 4.12. The second-order valence-corrected chi connectivity index (χ2v) is 6.44. The number of hydrogen-bond donors (Lipinski definition) is 1. The van der Waals surface area contributed by atoms with Gasteiger partial charge in [0.15, 0.2) is 0 Å². The van der Waals surface area contributed by atoms with E-state index in [2.05, 4.69) is 38.0 Å². The van der Waals surface area contributed by atoms with Gasteiger partial charge >= 0.3 is 0 Å². The molecule has 0 fully saturated rings. The first-order chi connectivity index (χ1) is 9.56. The Morgan fingerprint density at radius 2 is 2.20 bits per heavy atom. The Morgan fingerprint density at radius 1 is 1.40 bits per heavy atom. The van der Waals surface area contributed by atoms with Gasteiger partial charge < -0.3 is 9.67 Å². The summed E-state index contributed by atoms with van der Waals surface area (Å²) in [5.41, 5.74) is 4.57. The number of aromatic nitrogens is 3. The van der Waals surface area contributed by atoms with Gasteiger partial charge in [-0.3, -0.25) is 4.68 Å². The van der Waals surface area contributed by atoms with Crippen LogP contribution in [0.4, 0.5) is 0 Å². The first-order valence-corrected chi connectivity index (χ1v) is 7.90. The van der Waals surface area contributed by atoms with E-state index < -0.39 is 0 Å². The molecule has 0 aromatic carbocycles. The molecule has 20 heavy (non-hydrogen) atoms. The molecule has 3 rings (SSSR count). The molecular weight excluding hydrogens is 318 g/mol. The third-order valence-corrected chi connectivity index (χ3v) is 5.16. The minimum atomic E-state index is -0.300. The number of aliphatic hydroxyl groups is 1. The number of fused-ring (bicyclic) bond motifs is 1. The molecule has 1 aliphatic carbocycles. The molecule has 1 aliphatic rings. The fourth-order valence-corrected chi connectivity index (χ4v) is 3.47. The molecule has 0 saturated heterocycles. The average molecular weight is 338 g/mol. The molecule has 4 nitrogen and oxygen atoms in total. The topological polar surface area (TPSA) is 43.0 Å². The maximum atomic E-state index is 10.2. The van der Waals surface area contributed by atoms with Gasteiger partial charge in [-0.25, -0.2) is 0 Å². The Morgan fingerprint density at radius 3 is 2.90 bits per heavy atom. The highest BCUT2D eigenvalue weighted by Gasteiger charge is 2.19. The van der Waals surface area contributed by atoms with Gasteiger partial charge in [-0.05, 0) is 47.7 Å². The fourth-order valence-electron chi connectivity index (χ4n) is 3.01. The molecule has 5 heteroatoms. The molecule has 0 saturated carbocycles. The molecule has 0 bridgehead atoms. The Hall–Kier alpha value is -1.07. The minimum Gasteiger partial charge on any atom is -0.388 e. The number of hydrogen-bond acceptors (Lipinski definition) is 2. The highest BCUT2D eigenvalue weighted by molar-refractivity contribution is 9.10. The summed E-state index contributed by atoms with van der Waals surface area (Å²) < 4.78 is 5.16. The summed E-state index contributed by atoms with van der Waals surface area (Å²) in [6, 6.07) is 0. The molecule has 2 heterocycles. The van der Waals surface area contributed by atoms with Crippen molar-refractivity contribution >= 4 is 15.9 Å². The Kier molecular flexibility index (Phi) is 3.73. The fraction of sp³-hybridized carbons (Fsp3) is 0.533. The van der Waals surface area contributed by atoms with E-state index >= 15 is 0 Å². The van der Waals surface area contributed by atoms with Crippen molar-refractivity contribution in [2.24, 2.45) is 7.05 Å². The summed E-state index contributed by atoms with van der Waals surface area (Å²) in [5, 5.41) is 14.6. The van der Waals surface area contributed by atoms with Crippen LogP contribution in [0.2, 0.25) is 0 Å². The minimum absolute atomic E-state index is 0.300. The number of rotatable bonds is 2. The molecule has 1 atom stereocenters. The molecule has 1 unspecified atom stereocenters. The molecule has 2 aromatic rings. The lowest BCUT2D eigenvalue weighted by atomic mass is 10.1. The largest absolute Gasteiger partial charge is 0.388 e. The quantitative estimate of drug-likeness (QED) is 0.855. The van der Waals surface area contributed by atoms with Crippen molar-refractivity contribution in [2.75, 3.05) is 0 Å². The van der Waals surface area contributed by atoms with Crippen molar-refractivity contribution in [1.82, 2.24) is 14.3 Å². The highest BCUT2D eigenvalue weighted by Crippen LogP contribution is 2.30. The van der Waals surface area contributed by atoms with Crippen LogP contribution in [0.3, 0.4) is 0 Å². The number of aliphatic hydroxyl groups excluding tert-OH is 1. The van der Waals surface area contributed by atoms with Gasteiger partial charge in [-0.2, -0.15) is 5.10 Å². The summed E-state index contributed by atoms with van der Waals surface area (Å²) >= 11 is 3.61. The highest BCUT2D eigenvalue weighted by atomic mass is 79.9. The van der Waals surface area contributed by atoms with Crippen LogP contribution in [0.25, 0.3) is 0 Å². The van der Waals surface area contributed by atoms with E-state index in [0.29, 0.717) is 0 Å². The van der Waals surface area contributed by atoms with E-state index in [-0.39, 0.29) is 6.10 Å². The number of nitrogens with zero attached hydrogens (tertiary/aromatic N) is 3. The van der Waals surface area contributed by atoms with Crippen LogP contribution in [-0.4, -0.2) is 19.5 Å². The molecule has 0 amide bonds. The second kappa shape index (κ2) is 5.37. The zero-order valence-corrected chi connectivity index (χ0v) is 13.5. The average Bonchev–Trinajstić information content (AvgIpc) is 2.86. The van der Waals surface area contributed by atoms with Gasteiger partial charge in [0.05, 0.1) is 28.5 Å². The van der Waals surface area contributed by atoms with Crippen molar-refractivity contribution in [3.63, 3.8) is 0 Å². The van der Waals surface area contributed by atoms with E-state index in [4.69, 9.17) is 0 Å². The van der Waals surface area contributed by atoms with Crippen molar-refractivity contribution in [3.05, 3.63) is 39.4 Å². The van der Waals surface area contributed by atoms with Crippen LogP contribution in [0.1, 0.15) is 47.9 Å². The van der Waals surface area contributed by atoms with Gasteiger partial charge in [0.2, 0.25) is 0 Å². The van der Waals surface area contributed by atoms with E-state index in [1.165, 1.54) is 12.0 Å². The number of aryl methyl sites for hydroxylation is 3.